The minimum absolute atomic E-state index is 0. The third-order valence-electron chi connectivity index (χ3n) is 1.71. The van der Waals surface area contributed by atoms with Crippen LogP contribution in [0.3, 0.4) is 0 Å². The van der Waals surface area contributed by atoms with Crippen molar-refractivity contribution in [3.63, 3.8) is 0 Å². The van der Waals surface area contributed by atoms with Gasteiger partial charge in [-0.1, -0.05) is 13.8 Å². The first-order valence-electron chi connectivity index (χ1n) is 3.12. The van der Waals surface area contributed by atoms with E-state index >= 15 is 0 Å². The van der Waals surface area contributed by atoms with Crippen molar-refractivity contribution in [3.8, 4) is 0 Å². The Hall–Kier alpha value is 0.648. The summed E-state index contributed by atoms with van der Waals surface area (Å²) >= 11 is 0. The van der Waals surface area contributed by atoms with Gasteiger partial charge in [0.25, 0.3) is 0 Å². The third-order valence-corrected chi connectivity index (χ3v) is 1.71. The van der Waals surface area contributed by atoms with Gasteiger partial charge in [-0.05, 0) is 5.92 Å². The van der Waals surface area contributed by atoms with E-state index in [0.717, 1.165) is 0 Å². The molecule has 0 saturated heterocycles. The molecule has 2 heteroatoms. The summed E-state index contributed by atoms with van der Waals surface area (Å²) in [7, 11) is 0. The van der Waals surface area contributed by atoms with Gasteiger partial charge in [0, 0.05) is 6.61 Å². The SMILES string of the molecule is C[CH-][C@@H](C)[C@@H](C)CO.[CH3-].[W+2]. The van der Waals surface area contributed by atoms with E-state index in [1.165, 1.54) is 0 Å². The van der Waals surface area contributed by atoms with Gasteiger partial charge in [-0.3, -0.25) is 0 Å². The van der Waals surface area contributed by atoms with E-state index in [4.69, 9.17) is 5.11 Å². The fourth-order valence-electron chi connectivity index (χ4n) is 0.495. The van der Waals surface area contributed by atoms with Crippen LogP contribution in [0.2, 0.25) is 0 Å². The zero-order valence-corrected chi connectivity index (χ0v) is 10.2. The normalized spacial score (nSPS) is 14.4. The van der Waals surface area contributed by atoms with Gasteiger partial charge >= 0.3 is 21.1 Å². The molecule has 0 saturated carbocycles. The van der Waals surface area contributed by atoms with Crippen LogP contribution in [0, 0.1) is 25.7 Å². The molecule has 0 radical (unpaired) electrons. The second-order valence-corrected chi connectivity index (χ2v) is 2.35. The van der Waals surface area contributed by atoms with Crippen molar-refractivity contribution < 1.29 is 26.2 Å². The predicted octanol–water partition coefficient (Wildman–Crippen LogP) is 1.92. The Morgan fingerprint density at radius 1 is 1.40 bits per heavy atom. The van der Waals surface area contributed by atoms with Gasteiger partial charge in [-0.2, -0.15) is 12.8 Å². The van der Waals surface area contributed by atoms with E-state index in [0.29, 0.717) is 18.4 Å². The smallest absolute Gasteiger partial charge is 0.396 e. The monoisotopic (exact) mass is 314 g/mol. The quantitative estimate of drug-likeness (QED) is 0.789. The maximum Gasteiger partial charge on any atom is 2.00 e. The predicted molar refractivity (Wildman–Crippen MR) is 41.8 cm³/mol. The van der Waals surface area contributed by atoms with Gasteiger partial charge in [-0.25, -0.2) is 0 Å². The molecule has 62 valence electrons. The average molecular weight is 314 g/mol. The number of aliphatic hydroxyl groups excluding tert-OH is 1. The van der Waals surface area contributed by atoms with Gasteiger partial charge in [0.2, 0.25) is 0 Å². The molecule has 0 amide bonds. The molecule has 0 aliphatic heterocycles. The summed E-state index contributed by atoms with van der Waals surface area (Å²) in [5.41, 5.74) is 0. The van der Waals surface area contributed by atoms with Crippen LogP contribution in [0.1, 0.15) is 20.8 Å². The molecule has 2 atom stereocenters. The molecule has 0 aliphatic rings. The van der Waals surface area contributed by atoms with Gasteiger partial charge in [-0.15, -0.1) is 0 Å². The van der Waals surface area contributed by atoms with Crippen LogP contribution in [-0.4, -0.2) is 11.7 Å². The molecule has 0 rings (SSSR count). The summed E-state index contributed by atoms with van der Waals surface area (Å²) in [6.45, 7) is 6.48. The summed E-state index contributed by atoms with van der Waals surface area (Å²) in [6, 6.07) is 0. The first-order valence-corrected chi connectivity index (χ1v) is 3.12. The molecule has 0 unspecified atom stereocenters. The Balaban J connectivity index is -0.000000245. The number of hydrogen-bond acceptors (Lipinski definition) is 1. The Kier molecular flexibility index (Phi) is 16.3. The van der Waals surface area contributed by atoms with E-state index in [2.05, 4.69) is 13.3 Å². The van der Waals surface area contributed by atoms with E-state index in [1.807, 2.05) is 13.8 Å². The third kappa shape index (κ3) is 6.76. The molecule has 0 aromatic heterocycles. The van der Waals surface area contributed by atoms with E-state index in [1.54, 1.807) is 0 Å². The van der Waals surface area contributed by atoms with Crippen LogP contribution in [0.25, 0.3) is 0 Å². The van der Waals surface area contributed by atoms with Crippen molar-refractivity contribution in [1.82, 2.24) is 0 Å². The second-order valence-electron chi connectivity index (χ2n) is 2.35. The number of hydrogen-bond donors (Lipinski definition) is 1. The summed E-state index contributed by atoms with van der Waals surface area (Å²) in [5, 5.41) is 8.62. The zero-order chi connectivity index (χ0) is 6.57. The maximum atomic E-state index is 8.62. The van der Waals surface area contributed by atoms with Crippen molar-refractivity contribution in [2.75, 3.05) is 6.61 Å². The summed E-state index contributed by atoms with van der Waals surface area (Å²) < 4.78 is 0. The standard InChI is InChI=1S/C7H15O.CH3.W/c1-4-6(2)7(3)5-8;;/h4,6-8H,5H2,1-3H3;1H3;/q2*-1;+2/t6-,7+;;/m1../s1. The van der Waals surface area contributed by atoms with Gasteiger partial charge in [0.05, 0.1) is 0 Å². The summed E-state index contributed by atoms with van der Waals surface area (Å²) in [6.07, 6.45) is 2.11. The minimum Gasteiger partial charge on any atom is -0.396 e. The van der Waals surface area contributed by atoms with Crippen LogP contribution < -0.4 is 0 Å². The molecule has 0 aliphatic carbocycles. The summed E-state index contributed by atoms with van der Waals surface area (Å²) in [5.74, 6) is 0.958. The summed E-state index contributed by atoms with van der Waals surface area (Å²) in [4.78, 5) is 0. The molecule has 0 aromatic carbocycles. The second kappa shape index (κ2) is 9.65. The van der Waals surface area contributed by atoms with Crippen LogP contribution in [-0.2, 0) is 21.1 Å². The first kappa shape index (κ1) is 16.9. The van der Waals surface area contributed by atoms with Crippen LogP contribution in [0.4, 0.5) is 0 Å². The van der Waals surface area contributed by atoms with Crippen molar-refractivity contribution in [1.29, 1.82) is 0 Å². The van der Waals surface area contributed by atoms with Crippen LogP contribution >= 0.6 is 0 Å². The molecule has 0 aromatic rings. The molecule has 0 spiro atoms. The largest absolute Gasteiger partial charge is 2.00 e. The van der Waals surface area contributed by atoms with Gasteiger partial charge in [0.1, 0.15) is 0 Å². The molecular formula is C8H18OW. The van der Waals surface area contributed by atoms with E-state index in [9.17, 15) is 0 Å². The molecule has 0 heterocycles. The molecule has 10 heavy (non-hydrogen) atoms. The van der Waals surface area contributed by atoms with E-state index < -0.39 is 0 Å². The molecule has 0 fully saturated rings. The number of aliphatic hydroxyl groups is 1. The average Bonchev–Trinajstić information content (AvgIpc) is 1.84. The van der Waals surface area contributed by atoms with Crippen LogP contribution in [0.15, 0.2) is 0 Å². The number of rotatable bonds is 3. The van der Waals surface area contributed by atoms with Gasteiger partial charge in [0.15, 0.2) is 0 Å². The minimum atomic E-state index is 0. The van der Waals surface area contributed by atoms with Crippen molar-refractivity contribution in [2.45, 2.75) is 20.8 Å². The zero-order valence-electron chi connectivity index (χ0n) is 7.29. The molecular weight excluding hydrogens is 296 g/mol. The molecule has 1 N–H and O–H groups in total. The molecule has 1 nitrogen and oxygen atoms in total. The fourth-order valence-corrected chi connectivity index (χ4v) is 0.495. The maximum absolute atomic E-state index is 8.62. The first-order chi connectivity index (χ1) is 3.72. The van der Waals surface area contributed by atoms with Crippen molar-refractivity contribution >= 4 is 0 Å². The van der Waals surface area contributed by atoms with Crippen molar-refractivity contribution in [2.24, 2.45) is 11.8 Å². The Morgan fingerprint density at radius 3 is 1.90 bits per heavy atom. The van der Waals surface area contributed by atoms with Gasteiger partial charge < -0.3 is 19.0 Å². The van der Waals surface area contributed by atoms with E-state index in [-0.39, 0.29) is 28.5 Å². The van der Waals surface area contributed by atoms with Crippen molar-refractivity contribution in [3.05, 3.63) is 13.8 Å². The fraction of sp³-hybridized carbons (Fsp3) is 0.750. The topological polar surface area (TPSA) is 20.2 Å². The Morgan fingerprint density at radius 2 is 1.80 bits per heavy atom. The molecule has 0 bridgehead atoms. The Labute approximate surface area is 79.5 Å². The van der Waals surface area contributed by atoms with Crippen LogP contribution in [0.5, 0.6) is 0 Å². The Bertz CT molecular complexity index is 49.2.